The minimum Gasteiger partial charge on any atom is -0.366 e. The van der Waals surface area contributed by atoms with Crippen LogP contribution in [0, 0.1) is 11.6 Å². The molecule has 2 aromatic rings. The zero-order valence-corrected chi connectivity index (χ0v) is 19.9. The number of nitrogens with zero attached hydrogens (tertiary/aromatic N) is 3. The molecular weight excluding hydrogens is 523 g/mol. The predicted octanol–water partition coefficient (Wildman–Crippen LogP) is 3.16. The molecule has 30 heavy (non-hydrogen) atoms. The number of halogens is 3. The molecule has 0 unspecified atom stereocenters. The number of anilines is 1. The van der Waals surface area contributed by atoms with Crippen LogP contribution in [0.5, 0.6) is 0 Å². The molecule has 6 nitrogen and oxygen atoms in total. The van der Waals surface area contributed by atoms with Crippen LogP contribution >= 0.6 is 35.3 Å². The van der Waals surface area contributed by atoms with Gasteiger partial charge in [-0.25, -0.2) is 8.78 Å². The molecule has 0 atom stereocenters. The summed E-state index contributed by atoms with van der Waals surface area (Å²) < 4.78 is 27.4. The van der Waals surface area contributed by atoms with Crippen molar-refractivity contribution in [2.45, 2.75) is 6.42 Å². The molecule has 1 aliphatic rings. The highest BCUT2D eigenvalue weighted by Gasteiger charge is 2.21. The standard InChI is InChI=1S/C20H25F2N5OS.HI/c1-23-20(25-8-3-7-24-19(28)18-4-2-13-29-18)27-11-9-26(10-12-27)17-14-15(21)5-6-16(17)22;/h2,4-6,13-14H,3,7-12H2,1H3,(H,23,25)(H,24,28);1H. The van der Waals surface area contributed by atoms with Crippen LogP contribution in [0.15, 0.2) is 40.7 Å². The number of amides is 1. The molecule has 1 amide bonds. The zero-order chi connectivity index (χ0) is 20.6. The minimum atomic E-state index is -0.438. The molecule has 3 rings (SSSR count). The molecule has 0 aliphatic carbocycles. The van der Waals surface area contributed by atoms with Crippen LogP contribution in [0.2, 0.25) is 0 Å². The Labute approximate surface area is 196 Å². The number of hydrogen-bond acceptors (Lipinski definition) is 4. The number of benzene rings is 1. The molecule has 0 saturated carbocycles. The van der Waals surface area contributed by atoms with E-state index < -0.39 is 11.6 Å². The summed E-state index contributed by atoms with van der Waals surface area (Å²) in [5.74, 6) is -0.126. The summed E-state index contributed by atoms with van der Waals surface area (Å²) in [7, 11) is 1.72. The normalized spacial score (nSPS) is 14.3. The second-order valence-corrected chi connectivity index (χ2v) is 7.58. The van der Waals surface area contributed by atoms with Gasteiger partial charge in [-0.2, -0.15) is 0 Å². The van der Waals surface area contributed by atoms with Crippen molar-refractivity contribution >= 4 is 52.9 Å². The quantitative estimate of drug-likeness (QED) is 0.252. The van der Waals surface area contributed by atoms with Crippen LogP contribution in [0.4, 0.5) is 14.5 Å². The van der Waals surface area contributed by atoms with E-state index in [2.05, 4.69) is 20.5 Å². The maximum absolute atomic E-state index is 14.0. The number of nitrogens with one attached hydrogen (secondary N) is 2. The summed E-state index contributed by atoms with van der Waals surface area (Å²) in [6.45, 7) is 3.73. The molecule has 2 heterocycles. The van der Waals surface area contributed by atoms with E-state index >= 15 is 0 Å². The highest BCUT2D eigenvalue weighted by molar-refractivity contribution is 14.0. The molecule has 1 aromatic heterocycles. The van der Waals surface area contributed by atoms with Crippen LogP contribution < -0.4 is 15.5 Å². The first-order valence-corrected chi connectivity index (χ1v) is 10.4. The number of hydrogen-bond donors (Lipinski definition) is 2. The number of aliphatic imine (C=N–C) groups is 1. The van der Waals surface area contributed by atoms with Gasteiger partial charge in [-0.3, -0.25) is 9.79 Å². The van der Waals surface area contributed by atoms with Crippen molar-refractivity contribution in [1.82, 2.24) is 15.5 Å². The Morgan fingerprint density at radius 2 is 1.87 bits per heavy atom. The Hall–Kier alpha value is -1.95. The molecule has 1 aromatic carbocycles. The summed E-state index contributed by atoms with van der Waals surface area (Å²) in [6.07, 6.45) is 0.768. The summed E-state index contributed by atoms with van der Waals surface area (Å²) in [4.78, 5) is 20.9. The van der Waals surface area contributed by atoms with E-state index in [1.165, 1.54) is 17.4 Å². The number of thiophene rings is 1. The van der Waals surface area contributed by atoms with E-state index in [1.807, 2.05) is 16.3 Å². The molecule has 0 radical (unpaired) electrons. The summed E-state index contributed by atoms with van der Waals surface area (Å²) in [5, 5.41) is 8.07. The van der Waals surface area contributed by atoms with Gasteiger partial charge >= 0.3 is 0 Å². The van der Waals surface area contributed by atoms with Crippen LogP contribution in [0.25, 0.3) is 0 Å². The maximum atomic E-state index is 14.0. The number of carbonyl (C=O) groups is 1. The van der Waals surface area contributed by atoms with Gasteiger partial charge < -0.3 is 20.4 Å². The summed E-state index contributed by atoms with van der Waals surface area (Å²) >= 11 is 1.42. The Bertz CT molecular complexity index is 842. The number of guanidine groups is 1. The van der Waals surface area contributed by atoms with Gasteiger partial charge in [0, 0.05) is 52.4 Å². The highest BCUT2D eigenvalue weighted by atomic mass is 127. The minimum absolute atomic E-state index is 0. The molecule has 10 heteroatoms. The fourth-order valence-electron chi connectivity index (χ4n) is 3.20. The van der Waals surface area contributed by atoms with Crippen LogP contribution in [0.3, 0.4) is 0 Å². The van der Waals surface area contributed by atoms with E-state index in [0.29, 0.717) is 49.8 Å². The third-order valence-corrected chi connectivity index (χ3v) is 5.58. The monoisotopic (exact) mass is 549 g/mol. The number of piperazine rings is 1. The average Bonchev–Trinajstić information content (AvgIpc) is 3.28. The van der Waals surface area contributed by atoms with Crippen LogP contribution in [-0.2, 0) is 0 Å². The second-order valence-electron chi connectivity index (χ2n) is 6.63. The third-order valence-electron chi connectivity index (χ3n) is 4.71. The predicted molar refractivity (Wildman–Crippen MR) is 128 cm³/mol. The van der Waals surface area contributed by atoms with Crippen molar-refractivity contribution < 1.29 is 13.6 Å². The Kier molecular flexibility index (Phi) is 9.76. The third kappa shape index (κ3) is 6.53. The van der Waals surface area contributed by atoms with Crippen molar-refractivity contribution in [3.63, 3.8) is 0 Å². The lowest BCUT2D eigenvalue weighted by molar-refractivity contribution is 0.0957. The molecule has 2 N–H and O–H groups in total. The molecular formula is C20H26F2IN5OS. The maximum Gasteiger partial charge on any atom is 0.261 e. The van der Waals surface area contributed by atoms with Gasteiger partial charge in [-0.1, -0.05) is 6.07 Å². The highest BCUT2D eigenvalue weighted by Crippen LogP contribution is 2.21. The fourth-order valence-corrected chi connectivity index (χ4v) is 3.85. The second kappa shape index (κ2) is 12.0. The Morgan fingerprint density at radius 3 is 2.53 bits per heavy atom. The zero-order valence-electron chi connectivity index (χ0n) is 16.7. The van der Waals surface area contributed by atoms with E-state index in [9.17, 15) is 13.6 Å². The first-order chi connectivity index (χ1) is 14.1. The van der Waals surface area contributed by atoms with Gasteiger partial charge in [0.05, 0.1) is 10.6 Å². The van der Waals surface area contributed by atoms with Crippen molar-refractivity contribution in [1.29, 1.82) is 0 Å². The largest absolute Gasteiger partial charge is 0.366 e. The fraction of sp³-hybridized carbons (Fsp3) is 0.400. The number of carbonyl (C=O) groups excluding carboxylic acids is 1. The lowest BCUT2D eigenvalue weighted by atomic mass is 10.2. The lowest BCUT2D eigenvalue weighted by Crippen LogP contribution is -2.53. The molecule has 1 aliphatic heterocycles. The molecule has 164 valence electrons. The van der Waals surface area contributed by atoms with Crippen LogP contribution in [-0.4, -0.2) is 63.1 Å². The van der Waals surface area contributed by atoms with Gasteiger partial charge in [0.25, 0.3) is 5.91 Å². The average molecular weight is 549 g/mol. The van der Waals surface area contributed by atoms with E-state index in [-0.39, 0.29) is 29.9 Å². The van der Waals surface area contributed by atoms with Gasteiger partial charge in [0.2, 0.25) is 0 Å². The van der Waals surface area contributed by atoms with Gasteiger partial charge in [0.15, 0.2) is 5.96 Å². The van der Waals surface area contributed by atoms with E-state index in [4.69, 9.17) is 0 Å². The van der Waals surface area contributed by atoms with Gasteiger partial charge in [-0.15, -0.1) is 35.3 Å². The smallest absolute Gasteiger partial charge is 0.261 e. The van der Waals surface area contributed by atoms with Gasteiger partial charge in [0.1, 0.15) is 11.6 Å². The summed E-state index contributed by atoms with van der Waals surface area (Å²) in [5.41, 5.74) is 0.300. The van der Waals surface area contributed by atoms with Gasteiger partial charge in [-0.05, 0) is 30.0 Å². The SMILES string of the molecule is CN=C(NCCCNC(=O)c1cccs1)N1CCN(c2cc(F)ccc2F)CC1.I. The van der Waals surface area contributed by atoms with E-state index in [0.717, 1.165) is 24.5 Å². The number of rotatable bonds is 6. The molecule has 0 bridgehead atoms. The topological polar surface area (TPSA) is 60.0 Å². The van der Waals surface area contributed by atoms with Crippen molar-refractivity contribution in [3.05, 3.63) is 52.2 Å². The van der Waals surface area contributed by atoms with Crippen molar-refractivity contribution in [2.24, 2.45) is 4.99 Å². The van der Waals surface area contributed by atoms with Crippen molar-refractivity contribution in [2.75, 3.05) is 51.2 Å². The Morgan fingerprint density at radius 1 is 1.13 bits per heavy atom. The first kappa shape index (κ1) is 24.3. The van der Waals surface area contributed by atoms with Crippen molar-refractivity contribution in [3.8, 4) is 0 Å². The molecule has 1 saturated heterocycles. The lowest BCUT2D eigenvalue weighted by Gasteiger charge is -2.37. The Balaban J connectivity index is 0.00000320. The first-order valence-electron chi connectivity index (χ1n) is 9.56. The van der Waals surface area contributed by atoms with Crippen LogP contribution in [0.1, 0.15) is 16.1 Å². The molecule has 0 spiro atoms. The molecule has 1 fully saturated rings. The summed E-state index contributed by atoms with van der Waals surface area (Å²) in [6, 6.07) is 7.18. The van der Waals surface area contributed by atoms with E-state index in [1.54, 1.807) is 13.1 Å².